The van der Waals surface area contributed by atoms with Crippen molar-refractivity contribution in [1.82, 2.24) is 4.90 Å². The standard InChI is InChI=1S/C12H19NO3/c1-3-5-9-7-13(12(15)16)8-11(14)10(9)6-4-2/h3-8H2,1-2H3,(H,15,16). The fraction of sp³-hybridized carbons (Fsp3) is 0.667. The molecule has 0 saturated heterocycles. The van der Waals surface area contributed by atoms with Crippen molar-refractivity contribution in [2.75, 3.05) is 13.1 Å². The van der Waals surface area contributed by atoms with Crippen molar-refractivity contribution in [3.8, 4) is 0 Å². The largest absolute Gasteiger partial charge is 0.465 e. The number of ketones is 1. The number of rotatable bonds is 4. The average Bonchev–Trinajstić information content (AvgIpc) is 2.23. The van der Waals surface area contributed by atoms with Gasteiger partial charge in [0.15, 0.2) is 5.78 Å². The van der Waals surface area contributed by atoms with E-state index in [1.165, 1.54) is 4.90 Å². The molecule has 0 aliphatic carbocycles. The summed E-state index contributed by atoms with van der Waals surface area (Å²) in [6, 6.07) is 0. The molecule has 0 fully saturated rings. The van der Waals surface area contributed by atoms with Crippen LogP contribution in [0.25, 0.3) is 0 Å². The predicted octanol–water partition coefficient (Wildman–Crippen LogP) is 2.45. The van der Waals surface area contributed by atoms with Crippen molar-refractivity contribution in [1.29, 1.82) is 0 Å². The molecule has 0 unspecified atom stereocenters. The van der Waals surface area contributed by atoms with Gasteiger partial charge in [-0.25, -0.2) is 4.79 Å². The minimum atomic E-state index is -1.00. The number of carbonyl (C=O) groups is 2. The van der Waals surface area contributed by atoms with Gasteiger partial charge in [0.2, 0.25) is 0 Å². The molecular weight excluding hydrogens is 206 g/mol. The van der Waals surface area contributed by atoms with Crippen LogP contribution in [0.1, 0.15) is 39.5 Å². The van der Waals surface area contributed by atoms with E-state index < -0.39 is 6.09 Å². The Morgan fingerprint density at radius 3 is 2.38 bits per heavy atom. The van der Waals surface area contributed by atoms with Crippen LogP contribution in [0.5, 0.6) is 0 Å². The Kier molecular flexibility index (Phi) is 4.52. The Hall–Kier alpha value is -1.32. The van der Waals surface area contributed by atoms with Crippen molar-refractivity contribution in [2.24, 2.45) is 0 Å². The number of Topliss-reactive ketones (excluding diaryl/α,β-unsaturated/α-hetero) is 1. The van der Waals surface area contributed by atoms with Crippen LogP contribution in [0.15, 0.2) is 11.1 Å². The first kappa shape index (κ1) is 12.7. The maximum atomic E-state index is 11.8. The lowest BCUT2D eigenvalue weighted by molar-refractivity contribution is -0.117. The van der Waals surface area contributed by atoms with Crippen molar-refractivity contribution in [2.45, 2.75) is 39.5 Å². The van der Waals surface area contributed by atoms with E-state index in [1.54, 1.807) is 0 Å². The number of hydrogen-bond donors (Lipinski definition) is 1. The molecule has 1 amide bonds. The van der Waals surface area contributed by atoms with Crippen LogP contribution in [0.3, 0.4) is 0 Å². The van der Waals surface area contributed by atoms with Gasteiger partial charge in [-0.3, -0.25) is 9.69 Å². The topological polar surface area (TPSA) is 57.6 Å². The summed E-state index contributed by atoms with van der Waals surface area (Å²) < 4.78 is 0. The molecule has 1 N–H and O–H groups in total. The Labute approximate surface area is 95.9 Å². The normalized spacial score (nSPS) is 16.9. The van der Waals surface area contributed by atoms with Gasteiger partial charge in [-0.15, -0.1) is 0 Å². The number of carboxylic acid groups (broad SMARTS) is 1. The van der Waals surface area contributed by atoms with E-state index >= 15 is 0 Å². The Morgan fingerprint density at radius 2 is 1.88 bits per heavy atom. The summed E-state index contributed by atoms with van der Waals surface area (Å²) in [6.07, 6.45) is 2.48. The molecule has 0 atom stereocenters. The summed E-state index contributed by atoms with van der Waals surface area (Å²) in [6.45, 7) is 4.51. The first-order valence-electron chi connectivity index (χ1n) is 5.82. The molecule has 16 heavy (non-hydrogen) atoms. The maximum absolute atomic E-state index is 11.8. The van der Waals surface area contributed by atoms with Crippen molar-refractivity contribution < 1.29 is 14.7 Å². The molecule has 1 aliphatic heterocycles. The van der Waals surface area contributed by atoms with Gasteiger partial charge in [0.1, 0.15) is 0 Å². The molecule has 0 saturated carbocycles. The summed E-state index contributed by atoms with van der Waals surface area (Å²) in [4.78, 5) is 23.9. The van der Waals surface area contributed by atoms with Crippen LogP contribution in [0.4, 0.5) is 4.79 Å². The van der Waals surface area contributed by atoms with E-state index in [0.29, 0.717) is 6.54 Å². The Morgan fingerprint density at radius 1 is 1.25 bits per heavy atom. The third kappa shape index (κ3) is 2.84. The first-order valence-corrected chi connectivity index (χ1v) is 5.82. The highest BCUT2D eigenvalue weighted by molar-refractivity contribution is 6.00. The highest BCUT2D eigenvalue weighted by Gasteiger charge is 2.27. The summed E-state index contributed by atoms with van der Waals surface area (Å²) in [7, 11) is 0. The number of nitrogens with zero attached hydrogens (tertiary/aromatic N) is 1. The van der Waals surface area contributed by atoms with Crippen LogP contribution >= 0.6 is 0 Å². The minimum absolute atomic E-state index is 0.0149. The van der Waals surface area contributed by atoms with Gasteiger partial charge in [-0.2, -0.15) is 0 Å². The highest BCUT2D eigenvalue weighted by atomic mass is 16.4. The third-order valence-corrected chi connectivity index (χ3v) is 2.80. The zero-order valence-electron chi connectivity index (χ0n) is 9.95. The second-order valence-electron chi connectivity index (χ2n) is 4.14. The fourth-order valence-electron chi connectivity index (χ4n) is 2.08. The van der Waals surface area contributed by atoms with E-state index in [4.69, 9.17) is 5.11 Å². The molecule has 0 aromatic heterocycles. The second-order valence-corrected chi connectivity index (χ2v) is 4.14. The maximum Gasteiger partial charge on any atom is 0.408 e. The van der Waals surface area contributed by atoms with Crippen molar-refractivity contribution in [3.63, 3.8) is 0 Å². The first-order chi connectivity index (χ1) is 7.60. The summed E-state index contributed by atoms with van der Waals surface area (Å²) in [5, 5.41) is 8.91. The van der Waals surface area contributed by atoms with Gasteiger partial charge in [-0.05, 0) is 24.0 Å². The second kappa shape index (κ2) is 5.68. The molecule has 0 aromatic rings. The zero-order chi connectivity index (χ0) is 12.1. The van der Waals surface area contributed by atoms with Gasteiger partial charge in [-0.1, -0.05) is 26.7 Å². The molecule has 1 heterocycles. The summed E-state index contributed by atoms with van der Waals surface area (Å²) in [5.41, 5.74) is 1.89. The smallest absolute Gasteiger partial charge is 0.408 e. The highest BCUT2D eigenvalue weighted by Crippen LogP contribution is 2.23. The summed E-state index contributed by atoms with van der Waals surface area (Å²) >= 11 is 0. The van der Waals surface area contributed by atoms with E-state index in [1.807, 2.05) is 13.8 Å². The van der Waals surface area contributed by atoms with Gasteiger partial charge in [0.25, 0.3) is 0 Å². The molecule has 1 rings (SSSR count). The number of hydrogen-bond acceptors (Lipinski definition) is 2. The molecule has 0 radical (unpaired) electrons. The lowest BCUT2D eigenvalue weighted by Gasteiger charge is -2.27. The van der Waals surface area contributed by atoms with Gasteiger partial charge in [0, 0.05) is 6.54 Å². The Bertz CT molecular complexity index is 320. The third-order valence-electron chi connectivity index (χ3n) is 2.80. The van der Waals surface area contributed by atoms with Crippen molar-refractivity contribution in [3.05, 3.63) is 11.1 Å². The summed E-state index contributed by atoms with van der Waals surface area (Å²) in [5.74, 6) is -0.0149. The number of carbonyl (C=O) groups excluding carboxylic acids is 1. The van der Waals surface area contributed by atoms with Crippen LogP contribution < -0.4 is 0 Å². The quantitative estimate of drug-likeness (QED) is 0.799. The molecular formula is C12H19NO3. The predicted molar refractivity (Wildman–Crippen MR) is 61.4 cm³/mol. The zero-order valence-corrected chi connectivity index (χ0v) is 9.95. The number of amides is 1. The lowest BCUT2D eigenvalue weighted by Crippen LogP contribution is -2.41. The van der Waals surface area contributed by atoms with E-state index in [-0.39, 0.29) is 12.3 Å². The minimum Gasteiger partial charge on any atom is -0.465 e. The molecule has 4 heteroatoms. The van der Waals surface area contributed by atoms with Crippen LogP contribution in [0.2, 0.25) is 0 Å². The Balaban J connectivity index is 2.91. The van der Waals surface area contributed by atoms with E-state index in [9.17, 15) is 9.59 Å². The monoisotopic (exact) mass is 225 g/mol. The molecule has 0 aromatic carbocycles. The molecule has 0 bridgehead atoms. The van der Waals surface area contributed by atoms with Crippen LogP contribution in [0, 0.1) is 0 Å². The van der Waals surface area contributed by atoms with Gasteiger partial charge >= 0.3 is 6.09 Å². The average molecular weight is 225 g/mol. The molecule has 1 aliphatic rings. The van der Waals surface area contributed by atoms with E-state index in [0.717, 1.165) is 36.8 Å². The molecule has 4 nitrogen and oxygen atoms in total. The molecule has 90 valence electrons. The van der Waals surface area contributed by atoms with Crippen LogP contribution in [-0.4, -0.2) is 35.0 Å². The fourth-order valence-corrected chi connectivity index (χ4v) is 2.08. The van der Waals surface area contributed by atoms with Crippen molar-refractivity contribution >= 4 is 11.9 Å². The van der Waals surface area contributed by atoms with E-state index in [2.05, 4.69) is 0 Å². The van der Waals surface area contributed by atoms with Gasteiger partial charge in [0.05, 0.1) is 6.54 Å². The SMILES string of the molecule is CCCC1=C(CCC)C(=O)CN(C(=O)O)C1. The van der Waals surface area contributed by atoms with Crippen LogP contribution in [-0.2, 0) is 4.79 Å². The lowest BCUT2D eigenvalue weighted by atomic mass is 9.92. The van der Waals surface area contributed by atoms with Gasteiger partial charge < -0.3 is 5.11 Å². The molecule has 0 spiro atoms.